The highest BCUT2D eigenvalue weighted by atomic mass is 16.2. The van der Waals surface area contributed by atoms with Crippen LogP contribution in [0.25, 0.3) is 0 Å². The summed E-state index contributed by atoms with van der Waals surface area (Å²) < 4.78 is 0. The van der Waals surface area contributed by atoms with Gasteiger partial charge < -0.3 is 4.90 Å². The number of likely N-dealkylation sites (tertiary alicyclic amines) is 1. The van der Waals surface area contributed by atoms with Crippen molar-refractivity contribution < 1.29 is 4.79 Å². The second-order valence-corrected chi connectivity index (χ2v) is 7.60. The Morgan fingerprint density at radius 3 is 2.74 bits per heavy atom. The highest BCUT2D eigenvalue weighted by Crippen LogP contribution is 2.26. The minimum absolute atomic E-state index is 0.129. The number of amides is 1. The van der Waals surface area contributed by atoms with Gasteiger partial charge in [0.1, 0.15) is 6.33 Å². The largest absolute Gasteiger partial charge is 0.335 e. The van der Waals surface area contributed by atoms with Crippen molar-refractivity contribution in [2.75, 3.05) is 13.1 Å². The van der Waals surface area contributed by atoms with Crippen molar-refractivity contribution in [3.05, 3.63) is 59.7 Å². The van der Waals surface area contributed by atoms with E-state index in [9.17, 15) is 4.79 Å². The van der Waals surface area contributed by atoms with Crippen LogP contribution in [-0.4, -0.2) is 44.8 Å². The normalized spacial score (nSPS) is 19.3. The molecule has 1 saturated heterocycles. The minimum Gasteiger partial charge on any atom is -0.335 e. The molecule has 0 aliphatic carbocycles. The monoisotopic (exact) mass is 366 g/mol. The zero-order chi connectivity index (χ0) is 19.2. The molecular weight excluding hydrogens is 336 g/mol. The van der Waals surface area contributed by atoms with E-state index in [0.29, 0.717) is 12.6 Å². The van der Waals surface area contributed by atoms with E-state index >= 15 is 0 Å². The van der Waals surface area contributed by atoms with Gasteiger partial charge in [-0.1, -0.05) is 29.8 Å². The van der Waals surface area contributed by atoms with E-state index in [-0.39, 0.29) is 11.9 Å². The molecule has 27 heavy (non-hydrogen) atoms. The second kappa shape index (κ2) is 9.09. The Labute approximate surface area is 162 Å². The number of benzene rings is 1. The Hall–Kier alpha value is -2.27. The van der Waals surface area contributed by atoms with Crippen LogP contribution in [0.1, 0.15) is 55.8 Å². The first-order chi connectivity index (χ1) is 13.0. The minimum atomic E-state index is 0.129. The number of aromatic nitrogens is 2. The molecule has 2 heterocycles. The number of rotatable bonds is 5. The summed E-state index contributed by atoms with van der Waals surface area (Å²) >= 11 is 0. The number of hydrogen-bond donors (Lipinski definition) is 0. The maximum Gasteiger partial charge on any atom is 0.219 e. The predicted molar refractivity (Wildman–Crippen MR) is 107 cm³/mol. The highest BCUT2D eigenvalue weighted by molar-refractivity contribution is 5.73. The lowest BCUT2D eigenvalue weighted by molar-refractivity contribution is -0.132. The fraction of sp³-hybridized carbons (Fsp3) is 0.500. The van der Waals surface area contributed by atoms with E-state index in [2.05, 4.69) is 53.0 Å². The Balaban J connectivity index is 1.66. The van der Waals surface area contributed by atoms with Crippen molar-refractivity contribution >= 4 is 5.91 Å². The maximum atomic E-state index is 12.3. The van der Waals surface area contributed by atoms with Crippen molar-refractivity contribution in [2.24, 2.45) is 0 Å². The van der Waals surface area contributed by atoms with Crippen LogP contribution in [0.15, 0.2) is 43.0 Å². The highest BCUT2D eigenvalue weighted by Gasteiger charge is 2.26. The van der Waals surface area contributed by atoms with Crippen LogP contribution in [0.3, 0.4) is 0 Å². The first kappa shape index (κ1) is 19.5. The molecule has 1 fully saturated rings. The quantitative estimate of drug-likeness (QED) is 0.809. The molecule has 0 bridgehead atoms. The second-order valence-electron chi connectivity index (χ2n) is 7.60. The molecule has 1 aromatic heterocycles. The van der Waals surface area contributed by atoms with Gasteiger partial charge in [-0.05, 0) is 45.2 Å². The van der Waals surface area contributed by atoms with Gasteiger partial charge in [-0.2, -0.15) is 0 Å². The summed E-state index contributed by atoms with van der Waals surface area (Å²) in [5, 5.41) is 0. The number of carbonyl (C=O) groups excluding carboxylic acids is 1. The lowest BCUT2D eigenvalue weighted by atomic mass is 10.0. The molecule has 5 nitrogen and oxygen atoms in total. The van der Waals surface area contributed by atoms with E-state index in [4.69, 9.17) is 0 Å². The molecule has 2 atom stereocenters. The van der Waals surface area contributed by atoms with Crippen LogP contribution in [-0.2, 0) is 11.3 Å². The number of aryl methyl sites for hydroxylation is 1. The Morgan fingerprint density at radius 2 is 2.04 bits per heavy atom. The SMILES string of the molecule is CC(=O)N(Cc1cncnc1)[C@H]1CCCN([C@H](C)c2cccc(C)c2)CC1. The van der Waals surface area contributed by atoms with E-state index < -0.39 is 0 Å². The van der Waals surface area contributed by atoms with E-state index in [0.717, 1.165) is 37.9 Å². The summed E-state index contributed by atoms with van der Waals surface area (Å²) in [6.07, 6.45) is 8.28. The summed E-state index contributed by atoms with van der Waals surface area (Å²) in [6.45, 7) is 8.78. The topological polar surface area (TPSA) is 49.3 Å². The summed E-state index contributed by atoms with van der Waals surface area (Å²) in [7, 11) is 0. The van der Waals surface area contributed by atoms with Crippen LogP contribution in [0.2, 0.25) is 0 Å². The molecule has 0 unspecified atom stereocenters. The summed E-state index contributed by atoms with van der Waals surface area (Å²) in [5.41, 5.74) is 3.67. The van der Waals surface area contributed by atoms with Gasteiger partial charge in [-0.3, -0.25) is 9.69 Å². The fourth-order valence-corrected chi connectivity index (χ4v) is 4.05. The Kier molecular flexibility index (Phi) is 6.56. The van der Waals surface area contributed by atoms with Crippen molar-refractivity contribution in [1.29, 1.82) is 0 Å². The van der Waals surface area contributed by atoms with Gasteiger partial charge in [0.05, 0.1) is 0 Å². The van der Waals surface area contributed by atoms with Crippen LogP contribution in [0, 0.1) is 6.92 Å². The van der Waals surface area contributed by atoms with Gasteiger partial charge in [0.25, 0.3) is 0 Å². The van der Waals surface area contributed by atoms with E-state index in [1.54, 1.807) is 19.3 Å². The molecule has 2 aromatic rings. The molecule has 1 aliphatic heterocycles. The molecule has 1 amide bonds. The lowest BCUT2D eigenvalue weighted by Crippen LogP contribution is -2.39. The molecule has 0 spiro atoms. The molecule has 144 valence electrons. The number of nitrogens with zero attached hydrogens (tertiary/aromatic N) is 4. The summed E-state index contributed by atoms with van der Waals surface area (Å²) in [5.74, 6) is 0.129. The third kappa shape index (κ3) is 5.13. The third-order valence-electron chi connectivity index (χ3n) is 5.62. The molecule has 3 rings (SSSR count). The molecule has 0 N–H and O–H groups in total. The lowest BCUT2D eigenvalue weighted by Gasteiger charge is -2.31. The summed E-state index contributed by atoms with van der Waals surface area (Å²) in [6, 6.07) is 9.46. The van der Waals surface area contributed by atoms with Gasteiger partial charge in [-0.15, -0.1) is 0 Å². The van der Waals surface area contributed by atoms with E-state index in [1.165, 1.54) is 17.5 Å². The Morgan fingerprint density at radius 1 is 1.26 bits per heavy atom. The van der Waals surface area contributed by atoms with Gasteiger partial charge >= 0.3 is 0 Å². The van der Waals surface area contributed by atoms with Gasteiger partial charge in [0.15, 0.2) is 0 Å². The van der Waals surface area contributed by atoms with Gasteiger partial charge in [0.2, 0.25) is 5.91 Å². The van der Waals surface area contributed by atoms with Crippen molar-refractivity contribution in [2.45, 2.75) is 58.7 Å². The molecule has 0 saturated carbocycles. The van der Waals surface area contributed by atoms with E-state index in [1.807, 2.05) is 4.90 Å². The average molecular weight is 367 g/mol. The molecule has 1 aromatic carbocycles. The maximum absolute atomic E-state index is 12.3. The fourth-order valence-electron chi connectivity index (χ4n) is 4.05. The zero-order valence-corrected chi connectivity index (χ0v) is 16.6. The van der Waals surface area contributed by atoms with Crippen LogP contribution < -0.4 is 0 Å². The van der Waals surface area contributed by atoms with Crippen LogP contribution in [0.4, 0.5) is 0 Å². The standard InChI is InChI=1S/C22H30N4O/c1-17-6-4-7-21(12-17)18(2)25-10-5-8-22(9-11-25)26(19(3)27)15-20-13-23-16-24-14-20/h4,6-7,12-14,16,18,22H,5,8-11,15H2,1-3H3/t18-,22+/m1/s1. The average Bonchev–Trinajstić information content (AvgIpc) is 2.92. The van der Waals surface area contributed by atoms with Gasteiger partial charge in [-0.25, -0.2) is 9.97 Å². The van der Waals surface area contributed by atoms with Crippen LogP contribution in [0.5, 0.6) is 0 Å². The Bertz CT molecular complexity index is 749. The first-order valence-corrected chi connectivity index (χ1v) is 9.86. The van der Waals surface area contributed by atoms with Crippen molar-refractivity contribution in [3.63, 3.8) is 0 Å². The molecular formula is C22H30N4O. The van der Waals surface area contributed by atoms with Gasteiger partial charge in [0, 0.05) is 50.1 Å². The van der Waals surface area contributed by atoms with Crippen molar-refractivity contribution in [3.8, 4) is 0 Å². The zero-order valence-electron chi connectivity index (χ0n) is 16.6. The molecule has 0 radical (unpaired) electrons. The third-order valence-corrected chi connectivity index (χ3v) is 5.62. The number of hydrogen-bond acceptors (Lipinski definition) is 4. The smallest absolute Gasteiger partial charge is 0.219 e. The van der Waals surface area contributed by atoms with Crippen LogP contribution >= 0.6 is 0 Å². The number of carbonyl (C=O) groups is 1. The van der Waals surface area contributed by atoms with Crippen molar-refractivity contribution in [1.82, 2.24) is 19.8 Å². The molecule has 5 heteroatoms. The predicted octanol–water partition coefficient (Wildman–Crippen LogP) is 3.75. The molecule has 1 aliphatic rings. The first-order valence-electron chi connectivity index (χ1n) is 9.86. The summed E-state index contributed by atoms with van der Waals surface area (Å²) in [4.78, 5) is 25.0.